The predicted molar refractivity (Wildman–Crippen MR) is 71.7 cm³/mol. The molecule has 2 aromatic rings. The number of rotatable bonds is 2. The lowest BCUT2D eigenvalue weighted by atomic mass is 10.2. The Hall–Kier alpha value is -2.18. The van der Waals surface area contributed by atoms with E-state index in [-0.39, 0.29) is 5.82 Å². The summed E-state index contributed by atoms with van der Waals surface area (Å²) in [5.74, 6) is 0.413. The molecule has 2 aromatic heterocycles. The number of halogens is 3. The zero-order chi connectivity index (χ0) is 14.9. The third-order valence-corrected chi connectivity index (χ3v) is 3.37. The SMILES string of the molecule is FC(F)(F)c1cc(N2CCCC2)nc(-c2ccncc2)n1. The average molecular weight is 294 g/mol. The number of aromatic nitrogens is 3. The van der Waals surface area contributed by atoms with Crippen molar-refractivity contribution >= 4 is 5.82 Å². The Balaban J connectivity index is 2.09. The van der Waals surface area contributed by atoms with Crippen LogP contribution < -0.4 is 4.90 Å². The van der Waals surface area contributed by atoms with Gasteiger partial charge in [0.15, 0.2) is 11.5 Å². The van der Waals surface area contributed by atoms with E-state index in [0.717, 1.165) is 32.0 Å². The second kappa shape index (κ2) is 5.31. The van der Waals surface area contributed by atoms with Crippen LogP contribution in [-0.4, -0.2) is 28.0 Å². The maximum Gasteiger partial charge on any atom is 0.433 e. The van der Waals surface area contributed by atoms with Crippen molar-refractivity contribution in [3.05, 3.63) is 36.3 Å². The van der Waals surface area contributed by atoms with Crippen molar-refractivity contribution in [2.45, 2.75) is 19.0 Å². The van der Waals surface area contributed by atoms with Gasteiger partial charge in [-0.05, 0) is 25.0 Å². The topological polar surface area (TPSA) is 41.9 Å². The third-order valence-electron chi connectivity index (χ3n) is 3.37. The van der Waals surface area contributed by atoms with E-state index in [9.17, 15) is 13.2 Å². The molecule has 0 aromatic carbocycles. The molecule has 0 aliphatic carbocycles. The highest BCUT2D eigenvalue weighted by Crippen LogP contribution is 2.32. The molecule has 3 heterocycles. The number of hydrogen-bond acceptors (Lipinski definition) is 4. The monoisotopic (exact) mass is 294 g/mol. The van der Waals surface area contributed by atoms with Gasteiger partial charge in [0.1, 0.15) is 5.82 Å². The molecule has 110 valence electrons. The fourth-order valence-electron chi connectivity index (χ4n) is 2.32. The average Bonchev–Trinajstić information content (AvgIpc) is 3.01. The summed E-state index contributed by atoms with van der Waals surface area (Å²) in [6.45, 7) is 1.45. The second-order valence-corrected chi connectivity index (χ2v) is 4.86. The molecule has 0 amide bonds. The van der Waals surface area contributed by atoms with Crippen LogP contribution in [-0.2, 0) is 6.18 Å². The Morgan fingerprint density at radius 2 is 1.67 bits per heavy atom. The maximum atomic E-state index is 13.0. The van der Waals surface area contributed by atoms with Gasteiger partial charge in [-0.3, -0.25) is 4.98 Å². The van der Waals surface area contributed by atoms with E-state index < -0.39 is 11.9 Å². The van der Waals surface area contributed by atoms with Gasteiger partial charge in [0, 0.05) is 37.1 Å². The Morgan fingerprint density at radius 1 is 1.00 bits per heavy atom. The van der Waals surface area contributed by atoms with E-state index in [0.29, 0.717) is 11.4 Å². The minimum absolute atomic E-state index is 0.0779. The summed E-state index contributed by atoms with van der Waals surface area (Å²) in [5.41, 5.74) is -0.386. The van der Waals surface area contributed by atoms with Crippen LogP contribution in [0.5, 0.6) is 0 Å². The number of hydrogen-bond donors (Lipinski definition) is 0. The molecule has 21 heavy (non-hydrogen) atoms. The van der Waals surface area contributed by atoms with Crippen LogP contribution in [0.3, 0.4) is 0 Å². The fraction of sp³-hybridized carbons (Fsp3) is 0.357. The molecule has 0 spiro atoms. The number of anilines is 1. The van der Waals surface area contributed by atoms with Gasteiger partial charge in [0.25, 0.3) is 0 Å². The fourth-order valence-corrected chi connectivity index (χ4v) is 2.32. The first kappa shape index (κ1) is 13.8. The Labute approximate surface area is 119 Å². The lowest BCUT2D eigenvalue weighted by Crippen LogP contribution is -2.21. The minimum atomic E-state index is -4.49. The third kappa shape index (κ3) is 2.96. The van der Waals surface area contributed by atoms with Crippen LogP contribution >= 0.6 is 0 Å². The number of pyridine rings is 1. The first-order valence-electron chi connectivity index (χ1n) is 6.66. The molecule has 0 radical (unpaired) electrons. The summed E-state index contributed by atoms with van der Waals surface area (Å²) < 4.78 is 39.1. The molecule has 4 nitrogen and oxygen atoms in total. The zero-order valence-corrected chi connectivity index (χ0v) is 11.1. The molecule has 0 saturated carbocycles. The summed E-state index contributed by atoms with van der Waals surface area (Å²) in [4.78, 5) is 13.7. The lowest BCUT2D eigenvalue weighted by molar-refractivity contribution is -0.141. The molecule has 0 bridgehead atoms. The first-order valence-corrected chi connectivity index (χ1v) is 6.66. The minimum Gasteiger partial charge on any atom is -0.356 e. The molecular formula is C14H13F3N4. The molecule has 0 unspecified atom stereocenters. The molecule has 1 fully saturated rings. The van der Waals surface area contributed by atoms with E-state index in [4.69, 9.17) is 0 Å². The number of alkyl halides is 3. The molecule has 1 aliphatic rings. The van der Waals surface area contributed by atoms with E-state index in [1.165, 1.54) is 12.4 Å². The molecule has 7 heteroatoms. The van der Waals surface area contributed by atoms with Gasteiger partial charge in [-0.1, -0.05) is 0 Å². The Morgan fingerprint density at radius 3 is 2.29 bits per heavy atom. The number of nitrogens with zero attached hydrogens (tertiary/aromatic N) is 4. The molecule has 0 atom stereocenters. The molecular weight excluding hydrogens is 281 g/mol. The molecule has 1 saturated heterocycles. The van der Waals surface area contributed by atoms with Gasteiger partial charge >= 0.3 is 6.18 Å². The van der Waals surface area contributed by atoms with Crippen molar-refractivity contribution in [3.8, 4) is 11.4 Å². The van der Waals surface area contributed by atoms with E-state index in [2.05, 4.69) is 15.0 Å². The molecule has 3 rings (SSSR count). The van der Waals surface area contributed by atoms with Crippen LogP contribution in [0.15, 0.2) is 30.6 Å². The highest BCUT2D eigenvalue weighted by Gasteiger charge is 2.34. The van der Waals surface area contributed by atoms with Crippen LogP contribution in [0, 0.1) is 0 Å². The van der Waals surface area contributed by atoms with Gasteiger partial charge in [0.2, 0.25) is 0 Å². The smallest absolute Gasteiger partial charge is 0.356 e. The quantitative estimate of drug-likeness (QED) is 0.853. The largest absolute Gasteiger partial charge is 0.433 e. The van der Waals surface area contributed by atoms with Gasteiger partial charge in [-0.25, -0.2) is 9.97 Å². The van der Waals surface area contributed by atoms with E-state index in [1.54, 1.807) is 12.1 Å². The standard InChI is InChI=1S/C14H13F3N4/c15-14(16,17)11-9-12(21-7-1-2-8-21)20-13(19-11)10-3-5-18-6-4-10/h3-6,9H,1-2,7-8H2. The summed E-state index contributed by atoms with van der Waals surface area (Å²) in [6, 6.07) is 4.22. The first-order chi connectivity index (χ1) is 10.0. The maximum absolute atomic E-state index is 13.0. The summed E-state index contributed by atoms with van der Waals surface area (Å²) >= 11 is 0. The highest BCUT2D eigenvalue weighted by molar-refractivity contribution is 5.57. The molecule has 1 aliphatic heterocycles. The van der Waals surface area contributed by atoms with Crippen molar-refractivity contribution < 1.29 is 13.2 Å². The van der Waals surface area contributed by atoms with Crippen molar-refractivity contribution in [1.82, 2.24) is 15.0 Å². The van der Waals surface area contributed by atoms with Crippen molar-refractivity contribution in [3.63, 3.8) is 0 Å². The van der Waals surface area contributed by atoms with Crippen molar-refractivity contribution in [1.29, 1.82) is 0 Å². The second-order valence-electron chi connectivity index (χ2n) is 4.86. The van der Waals surface area contributed by atoms with Crippen LogP contribution in [0.2, 0.25) is 0 Å². The normalized spacial score (nSPS) is 15.5. The van der Waals surface area contributed by atoms with E-state index >= 15 is 0 Å². The van der Waals surface area contributed by atoms with Crippen LogP contribution in [0.4, 0.5) is 19.0 Å². The van der Waals surface area contributed by atoms with Crippen LogP contribution in [0.1, 0.15) is 18.5 Å². The Bertz CT molecular complexity index is 622. The zero-order valence-electron chi connectivity index (χ0n) is 11.1. The molecule has 0 N–H and O–H groups in total. The summed E-state index contributed by atoms with van der Waals surface area (Å²) in [6.07, 6.45) is 0.466. The van der Waals surface area contributed by atoms with E-state index in [1.807, 2.05) is 4.90 Å². The summed E-state index contributed by atoms with van der Waals surface area (Å²) in [5, 5.41) is 0. The van der Waals surface area contributed by atoms with Gasteiger partial charge in [0.05, 0.1) is 0 Å². The van der Waals surface area contributed by atoms with Crippen LogP contribution in [0.25, 0.3) is 11.4 Å². The highest BCUT2D eigenvalue weighted by atomic mass is 19.4. The summed E-state index contributed by atoms with van der Waals surface area (Å²) in [7, 11) is 0. The Kier molecular flexibility index (Phi) is 3.48. The van der Waals surface area contributed by atoms with Crippen molar-refractivity contribution in [2.24, 2.45) is 0 Å². The predicted octanol–water partition coefficient (Wildman–Crippen LogP) is 3.16. The lowest BCUT2D eigenvalue weighted by Gasteiger charge is -2.18. The van der Waals surface area contributed by atoms with Gasteiger partial charge in [-0.15, -0.1) is 0 Å². The van der Waals surface area contributed by atoms with Gasteiger partial charge in [-0.2, -0.15) is 13.2 Å². The van der Waals surface area contributed by atoms with Gasteiger partial charge < -0.3 is 4.90 Å². The van der Waals surface area contributed by atoms with Crippen molar-refractivity contribution in [2.75, 3.05) is 18.0 Å².